The molecule has 82 valence electrons. The molecule has 0 fully saturated rings. The Balaban J connectivity index is 2.64. The van der Waals surface area contributed by atoms with Crippen LogP contribution in [0.3, 0.4) is 0 Å². The van der Waals surface area contributed by atoms with Gasteiger partial charge in [-0.2, -0.15) is 0 Å². The molecule has 1 aromatic heterocycles. The summed E-state index contributed by atoms with van der Waals surface area (Å²) in [5.41, 5.74) is 0. The van der Waals surface area contributed by atoms with Gasteiger partial charge in [0.05, 0.1) is 0 Å². The molecule has 0 saturated heterocycles. The van der Waals surface area contributed by atoms with Gasteiger partial charge in [0.25, 0.3) is 0 Å². The topological polar surface area (TPSA) is 66.9 Å². The van der Waals surface area contributed by atoms with Crippen LogP contribution >= 0.6 is 23.2 Å². The lowest BCUT2D eigenvalue weighted by Crippen LogP contribution is -2.19. The van der Waals surface area contributed by atoms with Crippen molar-refractivity contribution in [2.45, 2.75) is 6.42 Å². The van der Waals surface area contributed by atoms with E-state index >= 15 is 0 Å². The van der Waals surface area contributed by atoms with Crippen LogP contribution in [0, 0.1) is 0 Å². The van der Waals surface area contributed by atoms with E-state index in [1.807, 2.05) is 0 Å². The maximum absolute atomic E-state index is 11.3. The van der Waals surface area contributed by atoms with Gasteiger partial charge in [-0.1, -0.05) is 23.2 Å². The molecule has 5 nitrogen and oxygen atoms in total. The van der Waals surface area contributed by atoms with E-state index in [0.717, 1.165) is 0 Å². The third-order valence-corrected chi connectivity index (χ3v) is 2.35. The molecule has 1 heterocycles. The Morgan fingerprint density at radius 2 is 2.20 bits per heavy atom. The second kappa shape index (κ2) is 5.85. The van der Waals surface area contributed by atoms with Crippen molar-refractivity contribution in [1.29, 1.82) is 0 Å². The van der Waals surface area contributed by atoms with Crippen LogP contribution in [0.5, 0.6) is 0 Å². The predicted octanol–water partition coefficient (Wildman–Crippen LogP) is 1.33. The van der Waals surface area contributed by atoms with Gasteiger partial charge < -0.3 is 10.6 Å². The Kier molecular flexibility index (Phi) is 4.74. The highest BCUT2D eigenvalue weighted by molar-refractivity contribution is 6.42. The second-order valence-corrected chi connectivity index (χ2v) is 3.46. The number of hydrogen-bond donors (Lipinski definition) is 2. The van der Waals surface area contributed by atoms with Crippen molar-refractivity contribution in [3.05, 3.63) is 16.5 Å². The Labute approximate surface area is 97.2 Å². The van der Waals surface area contributed by atoms with E-state index in [9.17, 15) is 4.79 Å². The van der Waals surface area contributed by atoms with E-state index in [4.69, 9.17) is 23.2 Å². The van der Waals surface area contributed by atoms with E-state index in [1.165, 1.54) is 6.33 Å². The molecule has 7 heteroatoms. The van der Waals surface area contributed by atoms with Gasteiger partial charge >= 0.3 is 0 Å². The van der Waals surface area contributed by atoms with E-state index in [0.29, 0.717) is 13.0 Å². The molecule has 2 N–H and O–H groups in total. The number of carbonyl (C=O) groups is 1. The summed E-state index contributed by atoms with van der Waals surface area (Å²) in [6.07, 6.45) is 1.58. The van der Waals surface area contributed by atoms with Crippen LogP contribution in [0.1, 0.15) is 6.42 Å². The number of carbonyl (C=O) groups excluding carboxylic acids is 1. The number of nitrogens with zero attached hydrogens (tertiary/aromatic N) is 2. The van der Waals surface area contributed by atoms with Crippen molar-refractivity contribution in [3.63, 3.8) is 0 Å². The standard InChI is InChI=1S/C8H10Cl2N4O/c1-11-3-2-5(15)14-8-6(9)7(10)12-4-13-8/h4,11H,2-3H2,1H3,(H,12,13,14,15). The van der Waals surface area contributed by atoms with Crippen LogP contribution in [-0.4, -0.2) is 29.5 Å². The monoisotopic (exact) mass is 248 g/mol. The number of hydrogen-bond acceptors (Lipinski definition) is 4. The number of anilines is 1. The minimum Gasteiger partial charge on any atom is -0.319 e. The van der Waals surface area contributed by atoms with Crippen LogP contribution < -0.4 is 10.6 Å². The fraction of sp³-hybridized carbons (Fsp3) is 0.375. The van der Waals surface area contributed by atoms with Crippen molar-refractivity contribution in [3.8, 4) is 0 Å². The fourth-order valence-corrected chi connectivity index (χ4v) is 1.15. The van der Waals surface area contributed by atoms with Gasteiger partial charge in [-0.3, -0.25) is 4.79 Å². The predicted molar refractivity (Wildman–Crippen MR) is 59.2 cm³/mol. The fourth-order valence-electron chi connectivity index (χ4n) is 0.869. The number of amides is 1. The molecule has 0 aliphatic rings. The summed E-state index contributed by atoms with van der Waals surface area (Å²) in [5, 5.41) is 5.67. The summed E-state index contributed by atoms with van der Waals surface area (Å²) in [6, 6.07) is 0. The SMILES string of the molecule is CNCCC(=O)Nc1ncnc(Cl)c1Cl. The molecule has 1 aromatic rings. The summed E-state index contributed by atoms with van der Waals surface area (Å²) in [7, 11) is 1.77. The number of aromatic nitrogens is 2. The minimum absolute atomic E-state index is 0.121. The lowest BCUT2D eigenvalue weighted by Gasteiger charge is -2.05. The lowest BCUT2D eigenvalue weighted by atomic mass is 10.4. The maximum Gasteiger partial charge on any atom is 0.226 e. The smallest absolute Gasteiger partial charge is 0.226 e. The van der Waals surface area contributed by atoms with Gasteiger partial charge in [0.2, 0.25) is 5.91 Å². The highest BCUT2D eigenvalue weighted by Gasteiger charge is 2.09. The lowest BCUT2D eigenvalue weighted by molar-refractivity contribution is -0.116. The molecule has 0 aromatic carbocycles. The first kappa shape index (κ1) is 12.2. The molecule has 15 heavy (non-hydrogen) atoms. The van der Waals surface area contributed by atoms with Crippen molar-refractivity contribution in [2.75, 3.05) is 18.9 Å². The number of nitrogens with one attached hydrogen (secondary N) is 2. The van der Waals surface area contributed by atoms with Crippen molar-refractivity contribution >= 4 is 34.9 Å². The summed E-state index contributed by atoms with van der Waals surface area (Å²) in [5.74, 6) is 0.0544. The normalized spacial score (nSPS) is 10.1. The Morgan fingerprint density at radius 3 is 2.87 bits per heavy atom. The Bertz CT molecular complexity index is 358. The van der Waals surface area contributed by atoms with E-state index in [2.05, 4.69) is 20.6 Å². The number of rotatable bonds is 4. The van der Waals surface area contributed by atoms with Crippen molar-refractivity contribution in [2.24, 2.45) is 0 Å². The first-order valence-electron chi connectivity index (χ1n) is 4.25. The molecule has 0 spiro atoms. The zero-order chi connectivity index (χ0) is 11.3. The molecule has 0 unspecified atom stereocenters. The van der Waals surface area contributed by atoms with Crippen LogP contribution in [0.15, 0.2) is 6.33 Å². The first-order chi connectivity index (χ1) is 7.15. The van der Waals surface area contributed by atoms with E-state index in [-0.39, 0.29) is 21.9 Å². The van der Waals surface area contributed by atoms with Crippen LogP contribution in [-0.2, 0) is 4.79 Å². The molecule has 0 aliphatic carbocycles. The summed E-state index contributed by atoms with van der Waals surface area (Å²) < 4.78 is 0. The quantitative estimate of drug-likeness (QED) is 0.790. The van der Waals surface area contributed by atoms with E-state index < -0.39 is 0 Å². The molecule has 0 atom stereocenters. The van der Waals surface area contributed by atoms with E-state index in [1.54, 1.807) is 7.05 Å². The Morgan fingerprint density at radius 1 is 1.47 bits per heavy atom. The largest absolute Gasteiger partial charge is 0.319 e. The average molecular weight is 249 g/mol. The van der Waals surface area contributed by atoms with Gasteiger partial charge in [0.1, 0.15) is 11.3 Å². The summed E-state index contributed by atoms with van der Waals surface area (Å²) >= 11 is 11.4. The van der Waals surface area contributed by atoms with Gasteiger partial charge in [0.15, 0.2) is 11.0 Å². The van der Waals surface area contributed by atoms with Gasteiger partial charge in [-0.05, 0) is 7.05 Å². The highest BCUT2D eigenvalue weighted by atomic mass is 35.5. The average Bonchev–Trinajstić information content (AvgIpc) is 2.22. The molecular weight excluding hydrogens is 239 g/mol. The second-order valence-electron chi connectivity index (χ2n) is 2.73. The molecule has 0 aliphatic heterocycles. The zero-order valence-electron chi connectivity index (χ0n) is 8.05. The third-order valence-electron chi connectivity index (χ3n) is 1.61. The highest BCUT2D eigenvalue weighted by Crippen LogP contribution is 2.25. The van der Waals surface area contributed by atoms with Gasteiger partial charge in [0, 0.05) is 13.0 Å². The molecule has 0 saturated carbocycles. The van der Waals surface area contributed by atoms with Gasteiger partial charge in [-0.25, -0.2) is 9.97 Å². The Hall–Kier alpha value is -0.910. The number of halogens is 2. The molecular formula is C8H10Cl2N4O. The minimum atomic E-state index is -0.180. The molecule has 1 rings (SSSR count). The summed E-state index contributed by atoms with van der Waals surface area (Å²) in [4.78, 5) is 18.8. The van der Waals surface area contributed by atoms with Crippen LogP contribution in [0.4, 0.5) is 5.82 Å². The van der Waals surface area contributed by atoms with Crippen molar-refractivity contribution < 1.29 is 4.79 Å². The van der Waals surface area contributed by atoms with Crippen molar-refractivity contribution in [1.82, 2.24) is 15.3 Å². The first-order valence-corrected chi connectivity index (χ1v) is 5.01. The van der Waals surface area contributed by atoms with Crippen LogP contribution in [0.2, 0.25) is 10.2 Å². The summed E-state index contributed by atoms with van der Waals surface area (Å²) in [6.45, 7) is 0.586. The third kappa shape index (κ3) is 3.62. The molecule has 0 radical (unpaired) electrons. The molecule has 0 bridgehead atoms. The maximum atomic E-state index is 11.3. The van der Waals surface area contributed by atoms with Gasteiger partial charge in [-0.15, -0.1) is 0 Å². The molecule has 1 amide bonds. The van der Waals surface area contributed by atoms with Crippen LogP contribution in [0.25, 0.3) is 0 Å². The zero-order valence-corrected chi connectivity index (χ0v) is 9.56.